The number of aryl methyl sites for hydroxylation is 1. The maximum Gasteiger partial charge on any atom is 0.278 e. The average molecular weight is 438 g/mol. The minimum atomic E-state index is -0.228. The molecule has 2 aromatic rings. The summed E-state index contributed by atoms with van der Waals surface area (Å²) in [7, 11) is 0. The molecule has 0 aliphatic carbocycles. The van der Waals surface area contributed by atoms with Crippen LogP contribution in [-0.2, 0) is 9.59 Å². The number of amides is 2. The van der Waals surface area contributed by atoms with Gasteiger partial charge in [-0.25, -0.2) is 0 Å². The molecule has 6 heteroatoms. The highest BCUT2D eigenvalue weighted by Gasteiger charge is 2.43. The first-order chi connectivity index (χ1) is 14.8. The van der Waals surface area contributed by atoms with E-state index in [4.69, 9.17) is 11.6 Å². The van der Waals surface area contributed by atoms with E-state index in [9.17, 15) is 9.59 Å². The third-order valence-corrected chi connectivity index (χ3v) is 6.50. The fourth-order valence-electron chi connectivity index (χ4n) is 4.42. The smallest absolute Gasteiger partial charge is 0.278 e. The molecule has 0 radical (unpaired) electrons. The van der Waals surface area contributed by atoms with Gasteiger partial charge in [0.2, 0.25) is 0 Å². The topological polar surface area (TPSA) is 43.9 Å². The van der Waals surface area contributed by atoms with Crippen molar-refractivity contribution in [1.29, 1.82) is 0 Å². The molecule has 1 fully saturated rings. The molecule has 162 valence electrons. The highest BCUT2D eigenvalue weighted by Crippen LogP contribution is 2.34. The van der Waals surface area contributed by atoms with E-state index in [0.717, 1.165) is 18.7 Å². The van der Waals surface area contributed by atoms with Crippen LogP contribution in [0.3, 0.4) is 0 Å². The average Bonchev–Trinajstić information content (AvgIpc) is 3.01. The first-order valence-electron chi connectivity index (χ1n) is 10.7. The number of hydrogen-bond acceptors (Lipinski definition) is 4. The standard InChI is InChI=1S/C25H28ClN3O2/c1-16(2)29-24(30)22(19-8-10-20(26)11-9-19)23(25(29)31)28-14-12-27(13-15-28)21-7-5-6-17(3)18(21)4/h5-11,16H,12-15H2,1-4H3. The summed E-state index contributed by atoms with van der Waals surface area (Å²) in [4.78, 5) is 32.4. The van der Waals surface area contributed by atoms with E-state index in [1.54, 1.807) is 12.1 Å². The minimum Gasteiger partial charge on any atom is -0.368 e. The molecule has 1 saturated heterocycles. The van der Waals surface area contributed by atoms with Crippen molar-refractivity contribution in [2.75, 3.05) is 31.1 Å². The second kappa shape index (κ2) is 8.39. The normalized spacial score (nSPS) is 17.4. The molecule has 2 heterocycles. The Hall–Kier alpha value is -2.79. The molecule has 0 atom stereocenters. The van der Waals surface area contributed by atoms with Crippen LogP contribution in [-0.4, -0.2) is 53.8 Å². The highest BCUT2D eigenvalue weighted by molar-refractivity contribution is 6.36. The maximum atomic E-state index is 13.3. The van der Waals surface area contributed by atoms with Crippen LogP contribution in [0.2, 0.25) is 5.02 Å². The first kappa shape index (κ1) is 21.4. The Morgan fingerprint density at radius 3 is 2.06 bits per heavy atom. The number of carbonyl (C=O) groups excluding carboxylic acids is 2. The summed E-state index contributed by atoms with van der Waals surface area (Å²) in [6.07, 6.45) is 0. The number of halogens is 1. The van der Waals surface area contributed by atoms with Gasteiger partial charge in [0.1, 0.15) is 5.70 Å². The van der Waals surface area contributed by atoms with Gasteiger partial charge in [0.15, 0.2) is 0 Å². The van der Waals surface area contributed by atoms with Crippen LogP contribution in [0.4, 0.5) is 5.69 Å². The molecule has 2 aliphatic rings. The summed E-state index contributed by atoms with van der Waals surface area (Å²) >= 11 is 6.05. The zero-order chi connectivity index (χ0) is 22.3. The lowest BCUT2D eigenvalue weighted by Crippen LogP contribution is -2.48. The Morgan fingerprint density at radius 1 is 0.839 bits per heavy atom. The molecular formula is C25H28ClN3O2. The number of carbonyl (C=O) groups is 2. The fraction of sp³-hybridized carbons (Fsp3) is 0.360. The van der Waals surface area contributed by atoms with Crippen molar-refractivity contribution in [3.8, 4) is 0 Å². The zero-order valence-corrected chi connectivity index (χ0v) is 19.2. The summed E-state index contributed by atoms with van der Waals surface area (Å²) in [5, 5.41) is 0.602. The van der Waals surface area contributed by atoms with E-state index in [1.165, 1.54) is 21.7 Å². The van der Waals surface area contributed by atoms with Gasteiger partial charge in [-0.3, -0.25) is 14.5 Å². The van der Waals surface area contributed by atoms with E-state index < -0.39 is 0 Å². The van der Waals surface area contributed by atoms with E-state index in [-0.39, 0.29) is 17.9 Å². The van der Waals surface area contributed by atoms with Gasteiger partial charge in [-0.05, 0) is 62.6 Å². The number of piperazine rings is 1. The highest BCUT2D eigenvalue weighted by atomic mass is 35.5. The maximum absolute atomic E-state index is 13.3. The molecule has 2 aromatic carbocycles. The van der Waals surface area contributed by atoms with Crippen LogP contribution >= 0.6 is 11.6 Å². The molecule has 2 amide bonds. The summed E-state index contributed by atoms with van der Waals surface area (Å²) in [6.45, 7) is 11.0. The third kappa shape index (κ3) is 3.83. The van der Waals surface area contributed by atoms with Crippen molar-refractivity contribution < 1.29 is 9.59 Å². The Bertz CT molecular complexity index is 1050. The molecular weight excluding hydrogens is 410 g/mol. The third-order valence-electron chi connectivity index (χ3n) is 6.25. The van der Waals surface area contributed by atoms with Crippen LogP contribution in [0.15, 0.2) is 48.2 Å². The molecule has 0 aromatic heterocycles. The molecule has 0 spiro atoms. The summed E-state index contributed by atoms with van der Waals surface area (Å²) < 4.78 is 0. The predicted molar refractivity (Wildman–Crippen MR) is 125 cm³/mol. The largest absolute Gasteiger partial charge is 0.368 e. The second-order valence-electron chi connectivity index (χ2n) is 8.50. The zero-order valence-electron chi connectivity index (χ0n) is 18.5. The molecule has 4 rings (SSSR count). The minimum absolute atomic E-state index is 0.198. The van der Waals surface area contributed by atoms with Gasteiger partial charge in [-0.1, -0.05) is 35.9 Å². The Balaban J connectivity index is 1.65. The molecule has 0 unspecified atom stereocenters. The van der Waals surface area contributed by atoms with Gasteiger partial charge in [0, 0.05) is 42.9 Å². The van der Waals surface area contributed by atoms with Crippen molar-refractivity contribution >= 4 is 34.7 Å². The van der Waals surface area contributed by atoms with Crippen molar-refractivity contribution in [1.82, 2.24) is 9.80 Å². The summed E-state index contributed by atoms with van der Waals surface area (Å²) in [5.41, 5.74) is 5.53. The van der Waals surface area contributed by atoms with Crippen LogP contribution < -0.4 is 4.90 Å². The molecule has 0 bridgehead atoms. The van der Waals surface area contributed by atoms with Gasteiger partial charge in [0.25, 0.3) is 11.8 Å². The van der Waals surface area contributed by atoms with Gasteiger partial charge in [-0.15, -0.1) is 0 Å². The quantitative estimate of drug-likeness (QED) is 0.670. The van der Waals surface area contributed by atoms with E-state index >= 15 is 0 Å². The van der Waals surface area contributed by atoms with E-state index in [2.05, 4.69) is 41.8 Å². The molecule has 0 saturated carbocycles. The summed E-state index contributed by atoms with van der Waals surface area (Å²) in [5.74, 6) is -0.431. The van der Waals surface area contributed by atoms with Gasteiger partial charge in [-0.2, -0.15) is 0 Å². The lowest BCUT2D eigenvalue weighted by molar-refractivity contribution is -0.139. The SMILES string of the molecule is Cc1cccc(N2CCN(C3=C(c4ccc(Cl)cc4)C(=O)N(C(C)C)C3=O)CC2)c1C. The molecule has 5 nitrogen and oxygen atoms in total. The Labute approximate surface area is 188 Å². The number of anilines is 1. The van der Waals surface area contributed by atoms with Crippen LogP contribution in [0, 0.1) is 13.8 Å². The van der Waals surface area contributed by atoms with Crippen molar-refractivity contribution in [2.45, 2.75) is 33.7 Å². The number of imide groups is 1. The molecule has 31 heavy (non-hydrogen) atoms. The van der Waals surface area contributed by atoms with Gasteiger partial charge >= 0.3 is 0 Å². The van der Waals surface area contributed by atoms with E-state index in [1.807, 2.05) is 26.0 Å². The number of hydrogen-bond donors (Lipinski definition) is 0. The Morgan fingerprint density at radius 2 is 1.45 bits per heavy atom. The number of nitrogens with zero attached hydrogens (tertiary/aromatic N) is 3. The van der Waals surface area contributed by atoms with Crippen LogP contribution in [0.5, 0.6) is 0 Å². The molecule has 0 N–H and O–H groups in total. The molecule has 2 aliphatic heterocycles. The van der Waals surface area contributed by atoms with Gasteiger partial charge < -0.3 is 9.80 Å². The van der Waals surface area contributed by atoms with Crippen molar-refractivity contribution in [3.63, 3.8) is 0 Å². The predicted octanol–water partition coefficient (Wildman–Crippen LogP) is 4.27. The van der Waals surface area contributed by atoms with Crippen LogP contribution in [0.25, 0.3) is 5.57 Å². The lowest BCUT2D eigenvalue weighted by atomic mass is 10.0. The first-order valence-corrected chi connectivity index (χ1v) is 11.1. The second-order valence-corrected chi connectivity index (χ2v) is 8.93. The van der Waals surface area contributed by atoms with E-state index in [0.29, 0.717) is 29.4 Å². The summed E-state index contributed by atoms with van der Waals surface area (Å²) in [6, 6.07) is 13.3. The Kier molecular flexibility index (Phi) is 5.80. The fourth-order valence-corrected chi connectivity index (χ4v) is 4.55. The van der Waals surface area contributed by atoms with Gasteiger partial charge in [0.05, 0.1) is 5.57 Å². The number of benzene rings is 2. The van der Waals surface area contributed by atoms with Crippen molar-refractivity contribution in [3.05, 3.63) is 69.9 Å². The van der Waals surface area contributed by atoms with Crippen molar-refractivity contribution in [2.24, 2.45) is 0 Å². The number of rotatable bonds is 4. The lowest BCUT2D eigenvalue weighted by Gasteiger charge is -2.38. The van der Waals surface area contributed by atoms with Crippen LogP contribution in [0.1, 0.15) is 30.5 Å². The monoisotopic (exact) mass is 437 g/mol.